The Kier molecular flexibility index (Phi) is 3.99. The third kappa shape index (κ3) is 2.71. The summed E-state index contributed by atoms with van der Waals surface area (Å²) in [7, 11) is 3.18. The fourth-order valence-electron chi connectivity index (χ4n) is 1.70. The molecule has 0 saturated heterocycles. The van der Waals surface area contributed by atoms with Gasteiger partial charge in [0.25, 0.3) is 0 Å². The molecule has 0 unspecified atom stereocenters. The van der Waals surface area contributed by atoms with E-state index in [1.165, 1.54) is 11.3 Å². The molecular weight excluding hydrogens is 248 g/mol. The number of hydrogen-bond acceptors (Lipinski definition) is 4. The van der Waals surface area contributed by atoms with Gasteiger partial charge in [-0.1, -0.05) is 6.07 Å². The summed E-state index contributed by atoms with van der Waals surface area (Å²) in [5.41, 5.74) is 1.68. The van der Waals surface area contributed by atoms with Crippen LogP contribution >= 0.6 is 11.3 Å². The summed E-state index contributed by atoms with van der Waals surface area (Å²) < 4.78 is 10.4. The fraction of sp³-hybridized carbons (Fsp3) is 0.214. The molecule has 1 aromatic carbocycles. The molecule has 1 aromatic heterocycles. The maximum absolute atomic E-state index is 12.0. The van der Waals surface area contributed by atoms with E-state index in [4.69, 9.17) is 9.47 Å². The number of methoxy groups -OCH3 is 2. The van der Waals surface area contributed by atoms with Crippen LogP contribution in [0.2, 0.25) is 0 Å². The van der Waals surface area contributed by atoms with Gasteiger partial charge in [-0.3, -0.25) is 4.79 Å². The highest BCUT2D eigenvalue weighted by atomic mass is 32.1. The number of Topliss-reactive ketones (excluding diaryl/α,β-unsaturated/α-hetero) is 1. The van der Waals surface area contributed by atoms with Crippen LogP contribution in [0.5, 0.6) is 11.5 Å². The van der Waals surface area contributed by atoms with Gasteiger partial charge < -0.3 is 9.47 Å². The van der Waals surface area contributed by atoms with Crippen molar-refractivity contribution in [2.75, 3.05) is 14.2 Å². The van der Waals surface area contributed by atoms with E-state index in [-0.39, 0.29) is 5.78 Å². The average molecular weight is 262 g/mol. The molecule has 2 rings (SSSR count). The normalized spacial score (nSPS) is 10.1. The lowest BCUT2D eigenvalue weighted by Crippen LogP contribution is -2.02. The fourth-order valence-corrected chi connectivity index (χ4v) is 2.36. The molecule has 4 heteroatoms. The highest BCUT2D eigenvalue weighted by Crippen LogP contribution is 2.28. The van der Waals surface area contributed by atoms with Crippen molar-refractivity contribution in [2.45, 2.75) is 6.42 Å². The van der Waals surface area contributed by atoms with Gasteiger partial charge in [-0.05, 0) is 29.1 Å². The molecule has 0 aliphatic heterocycles. The molecule has 1 heterocycles. The van der Waals surface area contributed by atoms with Crippen molar-refractivity contribution in [1.82, 2.24) is 0 Å². The smallest absolute Gasteiger partial charge is 0.168 e. The molecule has 18 heavy (non-hydrogen) atoms. The van der Waals surface area contributed by atoms with Crippen LogP contribution in [0.15, 0.2) is 35.0 Å². The molecule has 0 atom stereocenters. The van der Waals surface area contributed by atoms with Gasteiger partial charge in [-0.25, -0.2) is 0 Å². The van der Waals surface area contributed by atoms with Crippen LogP contribution < -0.4 is 9.47 Å². The van der Waals surface area contributed by atoms with Gasteiger partial charge in [0, 0.05) is 17.4 Å². The third-order valence-electron chi connectivity index (χ3n) is 2.66. The largest absolute Gasteiger partial charge is 0.493 e. The number of hydrogen-bond donors (Lipinski definition) is 0. The maximum atomic E-state index is 12.0. The van der Waals surface area contributed by atoms with Gasteiger partial charge in [-0.2, -0.15) is 11.3 Å². The first-order chi connectivity index (χ1) is 8.74. The van der Waals surface area contributed by atoms with Crippen LogP contribution in [0.3, 0.4) is 0 Å². The molecule has 0 aliphatic carbocycles. The summed E-state index contributed by atoms with van der Waals surface area (Å²) >= 11 is 1.53. The highest BCUT2D eigenvalue weighted by molar-refractivity contribution is 7.08. The first-order valence-electron chi connectivity index (χ1n) is 5.51. The van der Waals surface area contributed by atoms with E-state index in [1.54, 1.807) is 14.2 Å². The number of ketones is 1. The minimum Gasteiger partial charge on any atom is -0.493 e. The summed E-state index contributed by atoms with van der Waals surface area (Å²) in [5, 5.41) is 3.77. The average Bonchev–Trinajstić information content (AvgIpc) is 2.92. The summed E-state index contributed by atoms with van der Waals surface area (Å²) in [6, 6.07) is 7.37. The molecule has 0 radical (unpaired) electrons. The summed E-state index contributed by atoms with van der Waals surface area (Å²) in [4.78, 5) is 12.0. The van der Waals surface area contributed by atoms with Gasteiger partial charge in [-0.15, -0.1) is 0 Å². The Labute approximate surface area is 110 Å². The van der Waals surface area contributed by atoms with Crippen LogP contribution in [0.1, 0.15) is 15.9 Å². The van der Waals surface area contributed by atoms with E-state index in [2.05, 4.69) is 0 Å². The van der Waals surface area contributed by atoms with E-state index in [0.717, 1.165) is 11.1 Å². The second kappa shape index (κ2) is 5.69. The second-order valence-corrected chi connectivity index (χ2v) is 4.58. The molecule has 0 amide bonds. The van der Waals surface area contributed by atoms with Crippen LogP contribution in [0.25, 0.3) is 0 Å². The Balaban J connectivity index is 2.17. The lowest BCUT2D eigenvalue weighted by molar-refractivity contribution is 0.0993. The van der Waals surface area contributed by atoms with Gasteiger partial charge in [0.05, 0.1) is 14.2 Å². The molecule has 94 valence electrons. The first-order valence-corrected chi connectivity index (χ1v) is 6.45. The number of carbonyl (C=O) groups is 1. The third-order valence-corrected chi connectivity index (χ3v) is 3.34. The number of thiophene rings is 1. The van der Waals surface area contributed by atoms with Gasteiger partial charge in [0.2, 0.25) is 0 Å². The van der Waals surface area contributed by atoms with Crippen molar-refractivity contribution >= 4 is 17.1 Å². The van der Waals surface area contributed by atoms with E-state index >= 15 is 0 Å². The summed E-state index contributed by atoms with van der Waals surface area (Å²) in [6.07, 6.45) is 0.372. The van der Waals surface area contributed by atoms with Crippen molar-refractivity contribution in [3.63, 3.8) is 0 Å². The molecule has 0 spiro atoms. The van der Waals surface area contributed by atoms with Crippen LogP contribution in [0.4, 0.5) is 0 Å². The lowest BCUT2D eigenvalue weighted by atomic mass is 10.0. The molecule has 2 aromatic rings. The quantitative estimate of drug-likeness (QED) is 0.776. The predicted octanol–water partition coefficient (Wildman–Crippen LogP) is 3.19. The molecule has 0 aliphatic rings. The number of rotatable bonds is 5. The summed E-state index contributed by atoms with van der Waals surface area (Å²) in [6.45, 7) is 0. The molecule has 0 saturated carbocycles. The minimum atomic E-state index is 0.114. The van der Waals surface area contributed by atoms with Gasteiger partial charge in [0.15, 0.2) is 17.3 Å². The molecular formula is C14H14O3S. The standard InChI is InChI=1S/C14H14O3S/c1-16-13-4-3-10(8-14(13)17-2)7-12(15)11-5-6-18-9-11/h3-6,8-9H,7H2,1-2H3. The lowest BCUT2D eigenvalue weighted by Gasteiger charge is -2.09. The zero-order valence-electron chi connectivity index (χ0n) is 10.3. The second-order valence-electron chi connectivity index (χ2n) is 3.80. The molecule has 0 bridgehead atoms. The zero-order chi connectivity index (χ0) is 13.0. The highest BCUT2D eigenvalue weighted by Gasteiger charge is 2.10. The Morgan fingerprint density at radius 1 is 1.17 bits per heavy atom. The van der Waals surface area contributed by atoms with E-state index < -0.39 is 0 Å². The van der Waals surface area contributed by atoms with Gasteiger partial charge >= 0.3 is 0 Å². The van der Waals surface area contributed by atoms with Crippen molar-refractivity contribution in [3.8, 4) is 11.5 Å². The molecule has 3 nitrogen and oxygen atoms in total. The maximum Gasteiger partial charge on any atom is 0.168 e. The first kappa shape index (κ1) is 12.6. The number of ether oxygens (including phenoxy) is 2. The van der Waals surface area contributed by atoms with E-state index in [0.29, 0.717) is 17.9 Å². The van der Waals surface area contributed by atoms with Crippen molar-refractivity contribution < 1.29 is 14.3 Å². The van der Waals surface area contributed by atoms with Crippen molar-refractivity contribution in [1.29, 1.82) is 0 Å². The van der Waals surface area contributed by atoms with E-state index in [1.807, 2.05) is 35.0 Å². The Bertz CT molecular complexity index is 532. The molecule has 0 fully saturated rings. The van der Waals surface area contributed by atoms with Crippen molar-refractivity contribution in [3.05, 3.63) is 46.2 Å². The predicted molar refractivity (Wildman–Crippen MR) is 71.9 cm³/mol. The van der Waals surface area contributed by atoms with Crippen molar-refractivity contribution in [2.24, 2.45) is 0 Å². The van der Waals surface area contributed by atoms with Crippen LogP contribution in [0, 0.1) is 0 Å². The SMILES string of the molecule is COc1ccc(CC(=O)c2ccsc2)cc1OC. The zero-order valence-corrected chi connectivity index (χ0v) is 11.1. The number of carbonyl (C=O) groups excluding carboxylic acids is 1. The Hall–Kier alpha value is -1.81. The van der Waals surface area contributed by atoms with Crippen LogP contribution in [-0.4, -0.2) is 20.0 Å². The summed E-state index contributed by atoms with van der Waals surface area (Å²) in [5.74, 6) is 1.43. The van der Waals surface area contributed by atoms with Gasteiger partial charge in [0.1, 0.15) is 0 Å². The van der Waals surface area contributed by atoms with E-state index in [9.17, 15) is 4.79 Å². The molecule has 0 N–H and O–H groups in total. The topological polar surface area (TPSA) is 35.5 Å². The van der Waals surface area contributed by atoms with Crippen LogP contribution in [-0.2, 0) is 6.42 Å². The Morgan fingerprint density at radius 2 is 1.94 bits per heavy atom. The minimum absolute atomic E-state index is 0.114. The number of benzene rings is 1. The Morgan fingerprint density at radius 3 is 2.56 bits per heavy atom. The monoisotopic (exact) mass is 262 g/mol.